The Hall–Kier alpha value is -0.910. The molecule has 0 bridgehead atoms. The summed E-state index contributed by atoms with van der Waals surface area (Å²) in [5.41, 5.74) is 0. The number of hydrogen-bond acceptors (Lipinski definition) is 4. The Bertz CT molecular complexity index is 309. The number of nitrogens with one attached hydrogen (secondary N) is 1. The van der Waals surface area contributed by atoms with E-state index in [1.807, 2.05) is 23.1 Å². The van der Waals surface area contributed by atoms with Gasteiger partial charge in [0.05, 0.1) is 13.2 Å². The summed E-state index contributed by atoms with van der Waals surface area (Å²) in [6.45, 7) is 6.06. The van der Waals surface area contributed by atoms with Crippen molar-refractivity contribution in [1.29, 1.82) is 0 Å². The third kappa shape index (κ3) is 4.40. The van der Waals surface area contributed by atoms with Crippen molar-refractivity contribution in [3.8, 4) is 0 Å². The zero-order chi connectivity index (χ0) is 12.6. The summed E-state index contributed by atoms with van der Waals surface area (Å²) in [5, 5.41) is 7.80. The monoisotopic (exact) mass is 252 g/mol. The van der Waals surface area contributed by atoms with Crippen molar-refractivity contribution in [1.82, 2.24) is 20.0 Å². The van der Waals surface area contributed by atoms with Crippen LogP contribution in [0.4, 0.5) is 0 Å². The van der Waals surface area contributed by atoms with E-state index in [9.17, 15) is 0 Å². The molecule has 1 aliphatic heterocycles. The highest BCUT2D eigenvalue weighted by atomic mass is 16.5. The average molecular weight is 252 g/mol. The van der Waals surface area contributed by atoms with Gasteiger partial charge < -0.3 is 10.1 Å². The topological polar surface area (TPSA) is 42.3 Å². The van der Waals surface area contributed by atoms with E-state index in [0.717, 1.165) is 32.8 Å². The Labute approximate surface area is 109 Å². The van der Waals surface area contributed by atoms with E-state index in [0.29, 0.717) is 6.04 Å². The van der Waals surface area contributed by atoms with Crippen molar-refractivity contribution in [2.45, 2.75) is 25.4 Å². The van der Waals surface area contributed by atoms with Crippen LogP contribution in [0.2, 0.25) is 0 Å². The lowest BCUT2D eigenvalue weighted by Crippen LogP contribution is -2.40. The second-order valence-electron chi connectivity index (χ2n) is 4.86. The molecule has 1 unspecified atom stereocenters. The zero-order valence-electron chi connectivity index (χ0n) is 11.2. The van der Waals surface area contributed by atoms with Gasteiger partial charge in [0, 0.05) is 45.2 Å². The second-order valence-corrected chi connectivity index (χ2v) is 4.86. The van der Waals surface area contributed by atoms with E-state index in [2.05, 4.69) is 15.3 Å². The summed E-state index contributed by atoms with van der Waals surface area (Å²) in [4.78, 5) is 2.47. The molecule has 0 aliphatic carbocycles. The van der Waals surface area contributed by atoms with Crippen LogP contribution in [0, 0.1) is 0 Å². The number of aromatic nitrogens is 2. The Kier molecular flexibility index (Phi) is 5.64. The van der Waals surface area contributed by atoms with Gasteiger partial charge in [-0.1, -0.05) is 0 Å². The van der Waals surface area contributed by atoms with Gasteiger partial charge in [-0.15, -0.1) is 0 Å². The molecular formula is C13H24N4O. The highest BCUT2D eigenvalue weighted by Gasteiger charge is 2.17. The Morgan fingerprint density at radius 2 is 2.44 bits per heavy atom. The fourth-order valence-electron chi connectivity index (χ4n) is 2.42. The average Bonchev–Trinajstić information content (AvgIpc) is 3.05. The van der Waals surface area contributed by atoms with Crippen LogP contribution in [0.15, 0.2) is 18.5 Å². The highest BCUT2D eigenvalue weighted by Crippen LogP contribution is 2.07. The number of nitrogens with zero attached hydrogens (tertiary/aromatic N) is 3. The number of rotatable bonds is 8. The largest absolute Gasteiger partial charge is 0.383 e. The standard InChI is InChI=1S/C13H24N4O/c1-18-11-10-16(12-13-4-2-5-14-13)8-9-17-7-3-6-15-17/h3,6-7,13-14H,2,4-5,8-12H2,1H3. The maximum Gasteiger partial charge on any atom is 0.0589 e. The van der Waals surface area contributed by atoms with Crippen molar-refractivity contribution in [2.24, 2.45) is 0 Å². The molecule has 2 heterocycles. The van der Waals surface area contributed by atoms with Crippen LogP contribution in [-0.2, 0) is 11.3 Å². The molecule has 0 aromatic carbocycles. The van der Waals surface area contributed by atoms with Crippen molar-refractivity contribution in [3.05, 3.63) is 18.5 Å². The van der Waals surface area contributed by atoms with E-state index in [4.69, 9.17) is 4.74 Å². The molecule has 1 saturated heterocycles. The summed E-state index contributed by atoms with van der Waals surface area (Å²) >= 11 is 0. The van der Waals surface area contributed by atoms with Crippen LogP contribution in [0.1, 0.15) is 12.8 Å². The fourth-order valence-corrected chi connectivity index (χ4v) is 2.42. The van der Waals surface area contributed by atoms with Gasteiger partial charge in [-0.25, -0.2) is 0 Å². The van der Waals surface area contributed by atoms with Crippen LogP contribution in [-0.4, -0.2) is 60.6 Å². The summed E-state index contributed by atoms with van der Waals surface area (Å²) in [7, 11) is 1.76. The molecule has 18 heavy (non-hydrogen) atoms. The molecule has 0 amide bonds. The van der Waals surface area contributed by atoms with Gasteiger partial charge >= 0.3 is 0 Å². The van der Waals surface area contributed by atoms with Gasteiger partial charge in [0.2, 0.25) is 0 Å². The molecule has 5 heteroatoms. The Balaban J connectivity index is 1.75. The molecule has 1 aromatic heterocycles. The van der Waals surface area contributed by atoms with Crippen LogP contribution in [0.25, 0.3) is 0 Å². The lowest BCUT2D eigenvalue weighted by atomic mass is 10.2. The number of methoxy groups -OCH3 is 1. The van der Waals surface area contributed by atoms with Crippen LogP contribution >= 0.6 is 0 Å². The molecule has 1 N–H and O–H groups in total. The molecule has 1 aromatic rings. The molecule has 0 spiro atoms. The first-order chi connectivity index (χ1) is 8.88. The Morgan fingerprint density at radius 3 is 3.11 bits per heavy atom. The van der Waals surface area contributed by atoms with E-state index in [1.54, 1.807) is 7.11 Å². The lowest BCUT2D eigenvalue weighted by Gasteiger charge is -2.25. The highest BCUT2D eigenvalue weighted by molar-refractivity contribution is 4.80. The van der Waals surface area contributed by atoms with Gasteiger partial charge in [-0.3, -0.25) is 9.58 Å². The molecule has 1 atom stereocenters. The molecule has 102 valence electrons. The molecule has 0 saturated carbocycles. The van der Waals surface area contributed by atoms with Crippen molar-refractivity contribution < 1.29 is 4.74 Å². The molecule has 5 nitrogen and oxygen atoms in total. The Morgan fingerprint density at radius 1 is 1.50 bits per heavy atom. The normalized spacial score (nSPS) is 19.8. The minimum absolute atomic E-state index is 0.652. The van der Waals surface area contributed by atoms with E-state index in [-0.39, 0.29) is 0 Å². The summed E-state index contributed by atoms with van der Waals surface area (Å²) < 4.78 is 7.18. The van der Waals surface area contributed by atoms with E-state index < -0.39 is 0 Å². The van der Waals surface area contributed by atoms with Gasteiger partial charge in [-0.05, 0) is 25.5 Å². The lowest BCUT2D eigenvalue weighted by molar-refractivity contribution is 0.138. The summed E-state index contributed by atoms with van der Waals surface area (Å²) in [6.07, 6.45) is 6.45. The van der Waals surface area contributed by atoms with Crippen LogP contribution in [0.3, 0.4) is 0 Å². The van der Waals surface area contributed by atoms with Gasteiger partial charge in [-0.2, -0.15) is 5.10 Å². The summed E-state index contributed by atoms with van der Waals surface area (Å²) in [6, 6.07) is 2.62. The smallest absolute Gasteiger partial charge is 0.0589 e. The van der Waals surface area contributed by atoms with Gasteiger partial charge in [0.1, 0.15) is 0 Å². The summed E-state index contributed by atoms with van der Waals surface area (Å²) in [5.74, 6) is 0. The predicted molar refractivity (Wildman–Crippen MR) is 71.6 cm³/mol. The van der Waals surface area contributed by atoms with Gasteiger partial charge in [0.25, 0.3) is 0 Å². The minimum atomic E-state index is 0.652. The maximum absolute atomic E-state index is 5.19. The second kappa shape index (κ2) is 7.51. The SMILES string of the molecule is COCCN(CCn1cccn1)CC1CCCN1. The van der Waals surface area contributed by atoms with Crippen molar-refractivity contribution in [3.63, 3.8) is 0 Å². The van der Waals surface area contributed by atoms with E-state index >= 15 is 0 Å². The third-order valence-corrected chi connectivity index (χ3v) is 3.46. The molecule has 0 radical (unpaired) electrons. The number of ether oxygens (including phenoxy) is 1. The molecule has 1 aliphatic rings. The van der Waals surface area contributed by atoms with Crippen molar-refractivity contribution >= 4 is 0 Å². The first-order valence-electron chi connectivity index (χ1n) is 6.80. The minimum Gasteiger partial charge on any atom is -0.383 e. The maximum atomic E-state index is 5.19. The van der Waals surface area contributed by atoms with Gasteiger partial charge in [0.15, 0.2) is 0 Å². The predicted octanol–water partition coefficient (Wildman–Crippen LogP) is 0.583. The zero-order valence-corrected chi connectivity index (χ0v) is 11.2. The fraction of sp³-hybridized carbons (Fsp3) is 0.769. The van der Waals surface area contributed by atoms with E-state index in [1.165, 1.54) is 19.4 Å². The van der Waals surface area contributed by atoms with Crippen LogP contribution in [0.5, 0.6) is 0 Å². The van der Waals surface area contributed by atoms with Crippen molar-refractivity contribution in [2.75, 3.05) is 39.9 Å². The number of hydrogen-bond donors (Lipinski definition) is 1. The first kappa shape index (κ1) is 13.5. The molecule has 2 rings (SSSR count). The third-order valence-electron chi connectivity index (χ3n) is 3.46. The molecular weight excluding hydrogens is 228 g/mol. The van der Waals surface area contributed by atoms with Crippen LogP contribution < -0.4 is 5.32 Å². The first-order valence-corrected chi connectivity index (χ1v) is 6.80. The quantitative estimate of drug-likeness (QED) is 0.735. The molecule has 1 fully saturated rings.